The van der Waals surface area contributed by atoms with Crippen molar-refractivity contribution in [2.24, 2.45) is 4.99 Å². The number of halogens is 1. The van der Waals surface area contributed by atoms with Gasteiger partial charge in [-0.2, -0.15) is 0 Å². The zero-order valence-electron chi connectivity index (χ0n) is 14.3. The Morgan fingerprint density at radius 1 is 1.24 bits per heavy atom. The first-order chi connectivity index (χ1) is 12.2. The second-order valence-electron chi connectivity index (χ2n) is 6.39. The lowest BCUT2D eigenvalue weighted by atomic mass is 10.0. The molecule has 1 fully saturated rings. The van der Waals surface area contributed by atoms with Crippen LogP contribution < -0.4 is 10.6 Å². The maximum absolute atomic E-state index is 9.66. The number of aliphatic imine (C=N–C) groups is 1. The lowest BCUT2D eigenvalue weighted by Crippen LogP contribution is -2.41. The third-order valence-electron chi connectivity index (χ3n) is 4.62. The predicted octanol–water partition coefficient (Wildman–Crippen LogP) is 3.14. The highest BCUT2D eigenvalue weighted by Crippen LogP contribution is 2.41. The fourth-order valence-corrected chi connectivity index (χ4v) is 3.26. The fourth-order valence-electron chi connectivity index (χ4n) is 3.06. The van der Waals surface area contributed by atoms with E-state index in [1.165, 1.54) is 5.56 Å². The molecule has 0 aliphatic heterocycles. The molecule has 0 spiro atoms. The number of aliphatic hydroxyl groups is 1. The van der Waals surface area contributed by atoms with E-state index in [1.807, 2.05) is 48.5 Å². The van der Waals surface area contributed by atoms with E-state index in [0.29, 0.717) is 18.5 Å². The molecular formula is C20H24ClN3O. The average molecular weight is 358 g/mol. The zero-order valence-corrected chi connectivity index (χ0v) is 15.1. The molecule has 1 aliphatic rings. The van der Waals surface area contributed by atoms with Crippen LogP contribution in [0.25, 0.3) is 0 Å². The summed E-state index contributed by atoms with van der Waals surface area (Å²) in [5, 5.41) is 17.2. The monoisotopic (exact) mass is 357 g/mol. The SMILES string of the molecule is CN=C(NCC(CO)c1ccccc1)NC1CC1c1cccc(Cl)c1. The Balaban J connectivity index is 1.52. The largest absolute Gasteiger partial charge is 0.396 e. The first-order valence-corrected chi connectivity index (χ1v) is 8.97. The van der Waals surface area contributed by atoms with Crippen LogP contribution in [-0.4, -0.2) is 37.3 Å². The second kappa shape index (κ2) is 8.37. The van der Waals surface area contributed by atoms with Gasteiger partial charge in [-0.15, -0.1) is 0 Å². The third-order valence-corrected chi connectivity index (χ3v) is 4.86. The molecule has 3 atom stereocenters. The molecule has 1 saturated carbocycles. The average Bonchev–Trinajstić information content (AvgIpc) is 3.41. The van der Waals surface area contributed by atoms with Gasteiger partial charge in [-0.25, -0.2) is 0 Å². The highest BCUT2D eigenvalue weighted by molar-refractivity contribution is 6.30. The van der Waals surface area contributed by atoms with Gasteiger partial charge in [0.25, 0.3) is 0 Å². The van der Waals surface area contributed by atoms with Crippen molar-refractivity contribution in [1.29, 1.82) is 0 Å². The van der Waals surface area contributed by atoms with Crippen molar-refractivity contribution in [3.63, 3.8) is 0 Å². The third kappa shape index (κ3) is 4.74. The van der Waals surface area contributed by atoms with E-state index in [9.17, 15) is 5.11 Å². The molecule has 132 valence electrons. The Kier molecular flexibility index (Phi) is 5.95. The standard InChI is InChI=1S/C20H24ClN3O/c1-22-20(23-12-16(13-25)14-6-3-2-4-7-14)24-19-11-18(19)15-8-5-9-17(21)10-15/h2-10,16,18-19,25H,11-13H2,1H3,(H2,22,23,24). The fraction of sp³-hybridized carbons (Fsp3) is 0.350. The maximum atomic E-state index is 9.66. The van der Waals surface area contributed by atoms with Gasteiger partial charge >= 0.3 is 0 Å². The molecule has 3 N–H and O–H groups in total. The van der Waals surface area contributed by atoms with E-state index in [4.69, 9.17) is 11.6 Å². The van der Waals surface area contributed by atoms with Crippen LogP contribution in [-0.2, 0) is 0 Å². The van der Waals surface area contributed by atoms with E-state index in [1.54, 1.807) is 7.05 Å². The van der Waals surface area contributed by atoms with Crippen molar-refractivity contribution in [3.8, 4) is 0 Å². The molecule has 2 aromatic rings. The minimum absolute atomic E-state index is 0.0441. The predicted molar refractivity (Wildman–Crippen MR) is 103 cm³/mol. The number of hydrogen-bond donors (Lipinski definition) is 3. The Hall–Kier alpha value is -2.04. The quantitative estimate of drug-likeness (QED) is 0.550. The lowest BCUT2D eigenvalue weighted by Gasteiger charge is -2.18. The molecule has 5 heteroatoms. The molecule has 0 heterocycles. The van der Waals surface area contributed by atoms with Gasteiger partial charge in [0.05, 0.1) is 6.61 Å². The van der Waals surface area contributed by atoms with Crippen LogP contribution in [0.15, 0.2) is 59.6 Å². The topological polar surface area (TPSA) is 56.7 Å². The lowest BCUT2D eigenvalue weighted by molar-refractivity contribution is 0.265. The van der Waals surface area contributed by atoms with Gasteiger partial charge in [0.1, 0.15) is 0 Å². The van der Waals surface area contributed by atoms with E-state index >= 15 is 0 Å². The van der Waals surface area contributed by atoms with Gasteiger partial charge in [0.2, 0.25) is 0 Å². The van der Waals surface area contributed by atoms with Gasteiger partial charge in [0, 0.05) is 36.5 Å². The summed E-state index contributed by atoms with van der Waals surface area (Å²) in [6.45, 7) is 0.733. The Morgan fingerprint density at radius 2 is 2.04 bits per heavy atom. The Labute approximate surface area is 153 Å². The van der Waals surface area contributed by atoms with Crippen LogP contribution in [0, 0.1) is 0 Å². The second-order valence-corrected chi connectivity index (χ2v) is 6.83. The Bertz CT molecular complexity index is 720. The number of hydrogen-bond acceptors (Lipinski definition) is 2. The van der Waals surface area contributed by atoms with Crippen LogP contribution >= 0.6 is 11.6 Å². The van der Waals surface area contributed by atoms with Gasteiger partial charge in [-0.1, -0.05) is 54.1 Å². The van der Waals surface area contributed by atoms with Crippen molar-refractivity contribution >= 4 is 17.6 Å². The summed E-state index contributed by atoms with van der Waals surface area (Å²) in [5.41, 5.74) is 2.38. The molecule has 3 rings (SSSR count). The van der Waals surface area contributed by atoms with Gasteiger partial charge < -0.3 is 15.7 Å². The van der Waals surface area contributed by atoms with E-state index < -0.39 is 0 Å². The van der Waals surface area contributed by atoms with Gasteiger partial charge in [-0.3, -0.25) is 4.99 Å². The van der Waals surface area contributed by atoms with Gasteiger partial charge in [-0.05, 0) is 29.7 Å². The molecular weight excluding hydrogens is 334 g/mol. The molecule has 3 unspecified atom stereocenters. The number of aliphatic hydroxyl groups excluding tert-OH is 1. The van der Waals surface area contributed by atoms with E-state index in [-0.39, 0.29) is 12.5 Å². The molecule has 2 aromatic carbocycles. The summed E-state index contributed by atoms with van der Waals surface area (Å²) in [6, 6.07) is 18.4. The molecule has 0 saturated heterocycles. The summed E-state index contributed by atoms with van der Waals surface area (Å²) in [7, 11) is 1.77. The number of nitrogens with one attached hydrogen (secondary N) is 2. The molecule has 1 aliphatic carbocycles. The molecule has 0 radical (unpaired) electrons. The highest BCUT2D eigenvalue weighted by Gasteiger charge is 2.39. The first-order valence-electron chi connectivity index (χ1n) is 8.59. The van der Waals surface area contributed by atoms with Crippen molar-refractivity contribution in [2.45, 2.75) is 24.3 Å². The van der Waals surface area contributed by atoms with Crippen LogP contribution in [0.3, 0.4) is 0 Å². The maximum Gasteiger partial charge on any atom is 0.191 e. The summed E-state index contributed by atoms with van der Waals surface area (Å²) in [5.74, 6) is 1.28. The van der Waals surface area contributed by atoms with E-state index in [2.05, 4.69) is 21.7 Å². The van der Waals surface area contributed by atoms with Crippen LogP contribution in [0.5, 0.6) is 0 Å². The van der Waals surface area contributed by atoms with Crippen molar-refractivity contribution in [2.75, 3.05) is 20.2 Å². The smallest absolute Gasteiger partial charge is 0.191 e. The van der Waals surface area contributed by atoms with Gasteiger partial charge in [0.15, 0.2) is 5.96 Å². The highest BCUT2D eigenvalue weighted by atomic mass is 35.5. The summed E-state index contributed by atoms with van der Waals surface area (Å²) < 4.78 is 0. The van der Waals surface area contributed by atoms with E-state index in [0.717, 1.165) is 23.0 Å². The first kappa shape index (κ1) is 17.8. The molecule has 0 aromatic heterocycles. The van der Waals surface area contributed by atoms with Crippen LogP contribution in [0.2, 0.25) is 5.02 Å². The number of rotatable bonds is 6. The number of guanidine groups is 1. The van der Waals surface area contributed by atoms with Crippen LogP contribution in [0.1, 0.15) is 29.4 Å². The zero-order chi connectivity index (χ0) is 17.6. The van der Waals surface area contributed by atoms with Crippen LogP contribution in [0.4, 0.5) is 0 Å². The minimum Gasteiger partial charge on any atom is -0.396 e. The van der Waals surface area contributed by atoms with Crippen molar-refractivity contribution in [1.82, 2.24) is 10.6 Å². The molecule has 4 nitrogen and oxygen atoms in total. The Morgan fingerprint density at radius 3 is 2.72 bits per heavy atom. The molecule has 0 amide bonds. The summed E-state index contributed by atoms with van der Waals surface area (Å²) in [4.78, 5) is 4.30. The number of nitrogens with zero attached hydrogens (tertiary/aromatic N) is 1. The molecule has 0 bridgehead atoms. The molecule has 25 heavy (non-hydrogen) atoms. The minimum atomic E-state index is 0.0441. The van der Waals surface area contributed by atoms with Crippen molar-refractivity contribution < 1.29 is 5.11 Å². The summed E-state index contributed by atoms with van der Waals surface area (Å²) in [6.07, 6.45) is 1.07. The number of benzene rings is 2. The normalized spacial score (nSPS) is 20.8. The van der Waals surface area contributed by atoms with Crippen molar-refractivity contribution in [3.05, 3.63) is 70.7 Å². The summed E-state index contributed by atoms with van der Waals surface area (Å²) >= 11 is 6.08.